The van der Waals surface area contributed by atoms with E-state index in [0.29, 0.717) is 33.0 Å². The second kappa shape index (κ2) is 5.97. The van der Waals surface area contributed by atoms with E-state index >= 15 is 0 Å². The topological polar surface area (TPSA) is 81.1 Å². The number of hydrogen-bond donors (Lipinski definition) is 4. The predicted molar refractivity (Wildman–Crippen MR) is 110 cm³/mol. The summed E-state index contributed by atoms with van der Waals surface area (Å²) in [7, 11) is 0. The highest BCUT2D eigenvalue weighted by atomic mass is 32.1. The van der Waals surface area contributed by atoms with Gasteiger partial charge in [0.15, 0.2) is 5.78 Å². The molecule has 1 aliphatic carbocycles. The summed E-state index contributed by atoms with van der Waals surface area (Å²) in [6.45, 7) is 4.23. The Kier molecular flexibility index (Phi) is 3.74. The molecular formula is C21H17N3OS. The summed E-state index contributed by atoms with van der Waals surface area (Å²) in [5.74, 6) is -0.114. The molecule has 4 rings (SSSR count). The lowest BCUT2D eigenvalue weighted by Crippen LogP contribution is -2.18. The summed E-state index contributed by atoms with van der Waals surface area (Å²) in [5, 5.41) is 3.34. The lowest BCUT2D eigenvalue weighted by Gasteiger charge is -2.26. The molecule has 26 heavy (non-hydrogen) atoms. The molecule has 0 amide bonds. The summed E-state index contributed by atoms with van der Waals surface area (Å²) in [4.78, 5) is 13.6. The third-order valence-corrected chi connectivity index (χ3v) is 4.93. The van der Waals surface area contributed by atoms with Crippen LogP contribution in [0.25, 0.3) is 5.57 Å². The molecule has 0 heterocycles. The van der Waals surface area contributed by atoms with E-state index in [2.05, 4.69) is 24.5 Å². The number of nitrogen functional groups attached to an aromatic ring is 2. The Morgan fingerprint density at radius 2 is 1.58 bits per heavy atom. The fourth-order valence-electron chi connectivity index (χ4n) is 3.27. The Morgan fingerprint density at radius 1 is 0.923 bits per heavy atom. The van der Waals surface area contributed by atoms with Crippen molar-refractivity contribution in [3.05, 3.63) is 83.4 Å². The second-order valence-electron chi connectivity index (χ2n) is 6.21. The molecule has 4 nitrogen and oxygen atoms in total. The van der Waals surface area contributed by atoms with Gasteiger partial charge in [0, 0.05) is 33.1 Å². The first kappa shape index (κ1) is 16.3. The lowest BCUT2D eigenvalue weighted by molar-refractivity contribution is 0.103. The molecule has 0 spiro atoms. The Balaban J connectivity index is 1.93. The van der Waals surface area contributed by atoms with Crippen LogP contribution < -0.4 is 16.8 Å². The van der Waals surface area contributed by atoms with Crippen LogP contribution >= 0.6 is 12.6 Å². The van der Waals surface area contributed by atoms with Gasteiger partial charge in [-0.05, 0) is 41.5 Å². The van der Waals surface area contributed by atoms with E-state index in [4.69, 9.17) is 11.5 Å². The Morgan fingerprint density at radius 3 is 2.27 bits per heavy atom. The van der Waals surface area contributed by atoms with E-state index in [-0.39, 0.29) is 5.78 Å². The number of nitrogens with one attached hydrogen (secondary N) is 1. The van der Waals surface area contributed by atoms with Gasteiger partial charge in [-0.2, -0.15) is 0 Å². The molecule has 3 aromatic rings. The van der Waals surface area contributed by atoms with Crippen molar-refractivity contribution in [2.24, 2.45) is 0 Å². The molecule has 0 bridgehead atoms. The van der Waals surface area contributed by atoms with Crippen molar-refractivity contribution in [1.82, 2.24) is 0 Å². The van der Waals surface area contributed by atoms with E-state index in [0.717, 1.165) is 22.5 Å². The van der Waals surface area contributed by atoms with Crippen molar-refractivity contribution in [3.63, 3.8) is 0 Å². The first-order valence-corrected chi connectivity index (χ1v) is 8.53. The molecule has 0 atom stereocenters. The number of anilines is 4. The maximum Gasteiger partial charge on any atom is 0.196 e. The van der Waals surface area contributed by atoms with Gasteiger partial charge in [-0.25, -0.2) is 0 Å². The number of nitrogens with two attached hydrogens (primary N) is 2. The minimum atomic E-state index is -0.114. The molecule has 3 aromatic carbocycles. The zero-order chi connectivity index (χ0) is 18.4. The van der Waals surface area contributed by atoms with Crippen molar-refractivity contribution < 1.29 is 4.79 Å². The van der Waals surface area contributed by atoms with Gasteiger partial charge in [-0.15, -0.1) is 12.6 Å². The molecule has 5 N–H and O–H groups in total. The number of thiol groups is 1. The number of rotatable bonds is 2. The highest BCUT2D eigenvalue weighted by molar-refractivity contribution is 7.80. The third-order valence-electron chi connectivity index (χ3n) is 4.56. The largest absolute Gasteiger partial charge is 0.399 e. The number of fused-ring (bicyclic) bond motifs is 2. The van der Waals surface area contributed by atoms with Crippen LogP contribution in [-0.2, 0) is 0 Å². The van der Waals surface area contributed by atoms with Gasteiger partial charge in [0.2, 0.25) is 0 Å². The zero-order valence-electron chi connectivity index (χ0n) is 13.9. The monoisotopic (exact) mass is 359 g/mol. The van der Waals surface area contributed by atoms with Crippen LogP contribution in [0.1, 0.15) is 27.0 Å². The highest BCUT2D eigenvalue weighted by Gasteiger charge is 2.31. The summed E-state index contributed by atoms with van der Waals surface area (Å²) in [6.07, 6.45) is 0. The molecule has 0 unspecified atom stereocenters. The van der Waals surface area contributed by atoms with Gasteiger partial charge in [0.05, 0.1) is 11.3 Å². The SMILES string of the molecule is C=C1c2ccccc2C(=O)c2c(N)c(S)cc(Nc3ccc(N)cc3)c21. The van der Waals surface area contributed by atoms with Crippen molar-refractivity contribution in [1.29, 1.82) is 0 Å². The number of carbonyl (C=O) groups excluding carboxylic acids is 1. The van der Waals surface area contributed by atoms with E-state index in [1.807, 2.05) is 48.5 Å². The van der Waals surface area contributed by atoms with Crippen LogP contribution in [0.2, 0.25) is 0 Å². The van der Waals surface area contributed by atoms with E-state index in [1.54, 1.807) is 6.07 Å². The highest BCUT2D eigenvalue weighted by Crippen LogP contribution is 2.44. The standard InChI is InChI=1S/C21H17N3OS/c1-11-14-4-2-3-5-15(14)21(25)19-18(11)16(10-17(26)20(19)23)24-13-8-6-12(22)7-9-13/h2-10,24,26H,1,22-23H2. The number of benzene rings is 3. The van der Waals surface area contributed by atoms with Crippen LogP contribution in [0.15, 0.2) is 66.1 Å². The summed E-state index contributed by atoms with van der Waals surface area (Å²) >= 11 is 4.46. The number of carbonyl (C=O) groups is 1. The first-order valence-electron chi connectivity index (χ1n) is 8.08. The normalized spacial score (nSPS) is 12.5. The Hall–Kier alpha value is -3.18. The minimum Gasteiger partial charge on any atom is -0.399 e. The minimum absolute atomic E-state index is 0.114. The summed E-state index contributed by atoms with van der Waals surface area (Å²) in [6, 6.07) is 16.6. The van der Waals surface area contributed by atoms with Crippen LogP contribution in [0.3, 0.4) is 0 Å². The third kappa shape index (κ3) is 2.45. The van der Waals surface area contributed by atoms with Crippen molar-refractivity contribution in [2.45, 2.75) is 4.90 Å². The average Bonchev–Trinajstić information content (AvgIpc) is 2.64. The molecule has 5 heteroatoms. The molecule has 0 saturated carbocycles. The molecule has 0 saturated heterocycles. The van der Waals surface area contributed by atoms with Crippen LogP contribution in [0, 0.1) is 0 Å². The smallest absolute Gasteiger partial charge is 0.196 e. The van der Waals surface area contributed by atoms with Crippen LogP contribution in [0.4, 0.5) is 22.7 Å². The fraction of sp³-hybridized carbons (Fsp3) is 0. The van der Waals surface area contributed by atoms with Gasteiger partial charge in [0.25, 0.3) is 0 Å². The number of hydrogen-bond acceptors (Lipinski definition) is 5. The van der Waals surface area contributed by atoms with Crippen LogP contribution in [0.5, 0.6) is 0 Å². The lowest BCUT2D eigenvalue weighted by atomic mass is 9.80. The van der Waals surface area contributed by atoms with Crippen molar-refractivity contribution in [3.8, 4) is 0 Å². The Bertz CT molecular complexity index is 1070. The molecule has 128 valence electrons. The molecule has 0 aromatic heterocycles. The average molecular weight is 359 g/mol. The van der Waals surface area contributed by atoms with Gasteiger partial charge >= 0.3 is 0 Å². The van der Waals surface area contributed by atoms with Crippen LogP contribution in [-0.4, -0.2) is 5.78 Å². The summed E-state index contributed by atoms with van der Waals surface area (Å²) < 4.78 is 0. The molecule has 0 fully saturated rings. The molecule has 0 radical (unpaired) electrons. The fourth-order valence-corrected chi connectivity index (χ4v) is 3.51. The Labute approximate surface area is 156 Å². The molecular weight excluding hydrogens is 342 g/mol. The molecule has 1 aliphatic rings. The van der Waals surface area contributed by atoms with E-state index < -0.39 is 0 Å². The quantitative estimate of drug-likeness (QED) is 0.314. The second-order valence-corrected chi connectivity index (χ2v) is 6.69. The van der Waals surface area contributed by atoms with Crippen molar-refractivity contribution >= 4 is 46.7 Å². The number of ketones is 1. The van der Waals surface area contributed by atoms with E-state index in [9.17, 15) is 4.79 Å². The predicted octanol–water partition coefficient (Wildman–Crippen LogP) is 4.49. The first-order chi connectivity index (χ1) is 12.5. The van der Waals surface area contributed by atoms with Gasteiger partial charge in [0.1, 0.15) is 0 Å². The van der Waals surface area contributed by atoms with Gasteiger partial charge in [-0.1, -0.05) is 30.8 Å². The van der Waals surface area contributed by atoms with Crippen molar-refractivity contribution in [2.75, 3.05) is 16.8 Å². The maximum atomic E-state index is 13.1. The van der Waals surface area contributed by atoms with Gasteiger partial charge in [-0.3, -0.25) is 4.79 Å². The summed E-state index contributed by atoms with van der Waals surface area (Å²) in [5.41, 5.74) is 17.9. The maximum absolute atomic E-state index is 13.1. The molecule has 0 aliphatic heterocycles. The zero-order valence-corrected chi connectivity index (χ0v) is 14.8. The van der Waals surface area contributed by atoms with Gasteiger partial charge < -0.3 is 16.8 Å². The van der Waals surface area contributed by atoms with E-state index in [1.165, 1.54) is 0 Å².